The van der Waals surface area contributed by atoms with Gasteiger partial charge >= 0.3 is 0 Å². The number of amides is 1. The van der Waals surface area contributed by atoms with E-state index >= 15 is 0 Å². The number of ether oxygens (including phenoxy) is 1. The number of hydrogen-bond acceptors (Lipinski definition) is 2. The van der Waals surface area contributed by atoms with Crippen molar-refractivity contribution in [3.05, 3.63) is 61.6 Å². The van der Waals surface area contributed by atoms with Crippen molar-refractivity contribution in [1.82, 2.24) is 0 Å². The van der Waals surface area contributed by atoms with Gasteiger partial charge in [0, 0.05) is 32.0 Å². The van der Waals surface area contributed by atoms with Gasteiger partial charge in [-0.15, -0.1) is 0 Å². The number of anilines is 1. The molecule has 0 aliphatic rings. The Kier molecular flexibility index (Phi) is 5.56. The molecule has 2 aromatic rings. The van der Waals surface area contributed by atoms with Crippen LogP contribution in [0.4, 0.5) is 5.69 Å². The lowest BCUT2D eigenvalue weighted by Crippen LogP contribution is -2.13. The van der Waals surface area contributed by atoms with E-state index in [-0.39, 0.29) is 5.91 Å². The second-order valence-corrected chi connectivity index (χ2v) is 6.26. The van der Waals surface area contributed by atoms with E-state index < -0.39 is 0 Å². The lowest BCUT2D eigenvalue weighted by atomic mass is 10.1. The van der Waals surface area contributed by atoms with Gasteiger partial charge < -0.3 is 10.1 Å². The Morgan fingerprint density at radius 3 is 2.75 bits per heavy atom. The smallest absolute Gasteiger partial charge is 0.255 e. The van der Waals surface area contributed by atoms with Crippen LogP contribution in [0.25, 0.3) is 0 Å². The molecule has 0 unspecified atom stereocenters. The van der Waals surface area contributed by atoms with E-state index in [2.05, 4.69) is 43.8 Å². The first-order valence-corrected chi connectivity index (χ1v) is 7.82. The minimum Gasteiger partial charge on any atom is -0.380 e. The third-order valence-electron chi connectivity index (χ3n) is 2.74. The van der Waals surface area contributed by atoms with Crippen molar-refractivity contribution >= 4 is 50.1 Å². The molecule has 0 aliphatic carbocycles. The minimum atomic E-state index is -0.126. The molecule has 5 heteroatoms. The van der Waals surface area contributed by atoms with E-state index in [1.165, 1.54) is 0 Å². The summed E-state index contributed by atoms with van der Waals surface area (Å²) in [5, 5.41) is 2.93. The highest BCUT2D eigenvalue weighted by Gasteiger charge is 2.11. The zero-order valence-corrected chi connectivity index (χ0v) is 14.6. The summed E-state index contributed by atoms with van der Waals surface area (Å²) in [6.07, 6.45) is 0. The van der Waals surface area contributed by atoms with Crippen molar-refractivity contribution in [1.29, 1.82) is 0 Å². The second-order valence-electron chi connectivity index (χ2n) is 4.16. The van der Waals surface area contributed by atoms with Crippen LogP contribution in [-0.4, -0.2) is 13.0 Å². The fourth-order valence-corrected chi connectivity index (χ4v) is 2.81. The van der Waals surface area contributed by atoms with Crippen LogP contribution < -0.4 is 5.32 Å². The molecule has 20 heavy (non-hydrogen) atoms. The average molecular weight is 446 g/mol. The SMILES string of the molecule is COCc1c(Br)cccc1NC(=O)c1cccc(I)c1. The third kappa shape index (κ3) is 3.80. The molecule has 0 heterocycles. The summed E-state index contributed by atoms with van der Waals surface area (Å²) in [5.74, 6) is -0.126. The van der Waals surface area contributed by atoms with Gasteiger partial charge in [-0.2, -0.15) is 0 Å². The number of carbonyl (C=O) groups excluding carboxylic acids is 1. The van der Waals surface area contributed by atoms with E-state index in [1.807, 2.05) is 36.4 Å². The molecule has 1 amide bonds. The first kappa shape index (κ1) is 15.5. The molecule has 3 nitrogen and oxygen atoms in total. The maximum Gasteiger partial charge on any atom is 0.255 e. The largest absolute Gasteiger partial charge is 0.380 e. The number of rotatable bonds is 4. The third-order valence-corrected chi connectivity index (χ3v) is 4.16. The van der Waals surface area contributed by atoms with Crippen LogP contribution >= 0.6 is 38.5 Å². The Morgan fingerprint density at radius 2 is 2.05 bits per heavy atom. The molecule has 104 valence electrons. The van der Waals surface area contributed by atoms with Crippen molar-refractivity contribution in [2.24, 2.45) is 0 Å². The Hall–Kier alpha value is -0.920. The number of nitrogens with one attached hydrogen (secondary N) is 1. The van der Waals surface area contributed by atoms with Crippen LogP contribution in [0.1, 0.15) is 15.9 Å². The van der Waals surface area contributed by atoms with Crippen LogP contribution in [0.3, 0.4) is 0 Å². The summed E-state index contributed by atoms with van der Waals surface area (Å²) >= 11 is 5.66. The molecule has 0 saturated carbocycles. The van der Waals surface area contributed by atoms with Crippen molar-refractivity contribution in [3.8, 4) is 0 Å². The highest BCUT2D eigenvalue weighted by molar-refractivity contribution is 14.1. The maximum absolute atomic E-state index is 12.3. The number of hydrogen-bond donors (Lipinski definition) is 1. The van der Waals surface area contributed by atoms with Gasteiger partial charge in [-0.25, -0.2) is 0 Å². The van der Waals surface area contributed by atoms with Gasteiger partial charge in [0.2, 0.25) is 0 Å². The first-order chi connectivity index (χ1) is 9.61. The average Bonchev–Trinajstić information content (AvgIpc) is 2.42. The summed E-state index contributed by atoms with van der Waals surface area (Å²) < 4.78 is 7.12. The van der Waals surface area contributed by atoms with Gasteiger partial charge in [-0.05, 0) is 52.9 Å². The Balaban J connectivity index is 2.26. The Labute approximate surface area is 140 Å². The minimum absolute atomic E-state index is 0.126. The molecule has 0 fully saturated rings. The molecule has 0 spiro atoms. The van der Waals surface area contributed by atoms with Gasteiger partial charge in [0.1, 0.15) is 0 Å². The molecule has 0 saturated heterocycles. The van der Waals surface area contributed by atoms with Crippen molar-refractivity contribution in [2.75, 3.05) is 12.4 Å². The Morgan fingerprint density at radius 1 is 1.30 bits per heavy atom. The molecule has 0 bridgehead atoms. The summed E-state index contributed by atoms with van der Waals surface area (Å²) in [6.45, 7) is 0.434. The van der Waals surface area contributed by atoms with Crippen LogP contribution in [0.2, 0.25) is 0 Å². The molecule has 0 radical (unpaired) electrons. The molecule has 0 aromatic heterocycles. The van der Waals surface area contributed by atoms with Crippen molar-refractivity contribution in [3.63, 3.8) is 0 Å². The predicted molar refractivity (Wildman–Crippen MR) is 92.0 cm³/mol. The Bertz CT molecular complexity index is 631. The predicted octanol–water partition coefficient (Wildman–Crippen LogP) is 4.45. The topological polar surface area (TPSA) is 38.3 Å². The van der Waals surface area contributed by atoms with E-state index in [0.717, 1.165) is 19.3 Å². The first-order valence-electron chi connectivity index (χ1n) is 5.95. The zero-order valence-electron chi connectivity index (χ0n) is 10.8. The molecule has 1 N–H and O–H groups in total. The van der Waals surface area contributed by atoms with Gasteiger partial charge in [0.05, 0.1) is 6.61 Å². The number of halogens is 2. The molecular weight excluding hydrogens is 433 g/mol. The maximum atomic E-state index is 12.3. The van der Waals surface area contributed by atoms with Crippen LogP contribution in [0, 0.1) is 3.57 Å². The van der Waals surface area contributed by atoms with Gasteiger partial charge in [-0.3, -0.25) is 4.79 Å². The lowest BCUT2D eigenvalue weighted by molar-refractivity contribution is 0.102. The van der Waals surface area contributed by atoms with Crippen molar-refractivity contribution < 1.29 is 9.53 Å². The fraction of sp³-hybridized carbons (Fsp3) is 0.133. The summed E-state index contributed by atoms with van der Waals surface area (Å²) in [6, 6.07) is 13.1. The quantitative estimate of drug-likeness (QED) is 0.706. The van der Waals surface area contributed by atoms with Crippen LogP contribution in [-0.2, 0) is 11.3 Å². The molecule has 0 aliphatic heterocycles. The standard InChI is InChI=1S/C15H13BrINO2/c1-20-9-12-13(16)6-3-7-14(12)18-15(19)10-4-2-5-11(17)8-10/h2-8H,9H2,1H3,(H,18,19). The second kappa shape index (κ2) is 7.19. The summed E-state index contributed by atoms with van der Waals surface area (Å²) in [4.78, 5) is 12.3. The van der Waals surface area contributed by atoms with E-state index in [0.29, 0.717) is 12.2 Å². The van der Waals surface area contributed by atoms with E-state index in [9.17, 15) is 4.79 Å². The fourth-order valence-electron chi connectivity index (χ4n) is 1.79. The summed E-state index contributed by atoms with van der Waals surface area (Å²) in [5.41, 5.74) is 2.32. The normalized spacial score (nSPS) is 10.3. The highest BCUT2D eigenvalue weighted by Crippen LogP contribution is 2.26. The lowest BCUT2D eigenvalue weighted by Gasteiger charge is -2.12. The van der Waals surface area contributed by atoms with Gasteiger partial charge in [-0.1, -0.05) is 28.1 Å². The number of carbonyl (C=O) groups is 1. The van der Waals surface area contributed by atoms with Gasteiger partial charge in [0.15, 0.2) is 0 Å². The van der Waals surface area contributed by atoms with E-state index in [4.69, 9.17) is 4.74 Å². The van der Waals surface area contributed by atoms with E-state index in [1.54, 1.807) is 13.2 Å². The molecule has 0 atom stereocenters. The monoisotopic (exact) mass is 445 g/mol. The molecule has 2 aromatic carbocycles. The number of benzene rings is 2. The molecule has 2 rings (SSSR count). The number of methoxy groups -OCH3 is 1. The summed E-state index contributed by atoms with van der Waals surface area (Å²) in [7, 11) is 1.63. The zero-order chi connectivity index (χ0) is 14.5. The van der Waals surface area contributed by atoms with Crippen molar-refractivity contribution in [2.45, 2.75) is 6.61 Å². The van der Waals surface area contributed by atoms with Gasteiger partial charge in [0.25, 0.3) is 5.91 Å². The van der Waals surface area contributed by atoms with Crippen LogP contribution in [0.15, 0.2) is 46.9 Å². The highest BCUT2D eigenvalue weighted by atomic mass is 127. The van der Waals surface area contributed by atoms with Crippen LogP contribution in [0.5, 0.6) is 0 Å². The molecular formula is C15H13BrINO2.